The summed E-state index contributed by atoms with van der Waals surface area (Å²) in [6.07, 6.45) is 0. The molecule has 0 atom stereocenters. The molecule has 0 aliphatic carbocycles. The molecular formula is C48H31NO. The molecule has 9 aromatic carbocycles. The molecule has 0 aliphatic heterocycles. The fraction of sp³-hybridized carbons (Fsp3) is 0. The maximum Gasteiger partial charge on any atom is 0.143 e. The second-order valence-electron chi connectivity index (χ2n) is 12.9. The Hall–Kier alpha value is -6.64. The quantitative estimate of drug-likeness (QED) is 0.175. The van der Waals surface area contributed by atoms with Gasteiger partial charge < -0.3 is 9.32 Å². The number of hydrogen-bond acceptors (Lipinski definition) is 2. The zero-order valence-electron chi connectivity index (χ0n) is 27.3. The first-order valence-corrected chi connectivity index (χ1v) is 17.1. The Labute approximate surface area is 290 Å². The van der Waals surface area contributed by atoms with Crippen molar-refractivity contribution in [1.82, 2.24) is 0 Å². The molecule has 0 N–H and O–H groups in total. The lowest BCUT2D eigenvalue weighted by Gasteiger charge is -2.30. The SMILES string of the molecule is c1ccc(-c2cccc(N(c3ccccc3-c3cccc4c3oc3cc5ccccc5cc34)c3cc4ccccc4c4ccccc34)c2)cc1. The second kappa shape index (κ2) is 11.5. The van der Waals surface area contributed by atoms with Crippen LogP contribution < -0.4 is 4.90 Å². The van der Waals surface area contributed by atoms with Crippen LogP contribution >= 0.6 is 0 Å². The number of benzene rings is 9. The summed E-state index contributed by atoms with van der Waals surface area (Å²) in [5.41, 5.74) is 9.60. The van der Waals surface area contributed by atoms with Gasteiger partial charge in [0.15, 0.2) is 0 Å². The lowest BCUT2D eigenvalue weighted by atomic mass is 9.96. The van der Waals surface area contributed by atoms with Crippen molar-refractivity contribution < 1.29 is 4.42 Å². The first-order valence-electron chi connectivity index (χ1n) is 17.1. The zero-order valence-corrected chi connectivity index (χ0v) is 27.3. The molecule has 2 nitrogen and oxygen atoms in total. The van der Waals surface area contributed by atoms with Crippen LogP contribution in [0.5, 0.6) is 0 Å². The number of anilines is 3. The van der Waals surface area contributed by atoms with E-state index in [4.69, 9.17) is 4.42 Å². The van der Waals surface area contributed by atoms with Crippen LogP contribution in [-0.2, 0) is 0 Å². The Morgan fingerprint density at radius 1 is 0.340 bits per heavy atom. The lowest BCUT2D eigenvalue weighted by molar-refractivity contribution is 0.670. The van der Waals surface area contributed by atoms with E-state index in [2.05, 4.69) is 193 Å². The highest BCUT2D eigenvalue weighted by Crippen LogP contribution is 2.47. The van der Waals surface area contributed by atoms with E-state index in [0.29, 0.717) is 0 Å². The monoisotopic (exact) mass is 637 g/mol. The van der Waals surface area contributed by atoms with Crippen LogP contribution in [0.15, 0.2) is 192 Å². The first-order chi connectivity index (χ1) is 24.8. The molecular weight excluding hydrogens is 607 g/mol. The Morgan fingerprint density at radius 2 is 0.960 bits per heavy atom. The van der Waals surface area contributed by atoms with Crippen molar-refractivity contribution in [2.75, 3.05) is 4.90 Å². The van der Waals surface area contributed by atoms with Gasteiger partial charge in [0.05, 0.1) is 11.4 Å². The number of nitrogens with zero attached hydrogens (tertiary/aromatic N) is 1. The van der Waals surface area contributed by atoms with E-state index in [1.807, 2.05) is 0 Å². The summed E-state index contributed by atoms with van der Waals surface area (Å²) >= 11 is 0. The van der Waals surface area contributed by atoms with Crippen LogP contribution in [0, 0.1) is 0 Å². The van der Waals surface area contributed by atoms with E-state index in [0.717, 1.165) is 50.1 Å². The van der Waals surface area contributed by atoms with Crippen molar-refractivity contribution in [3.05, 3.63) is 188 Å². The fourth-order valence-corrected chi connectivity index (χ4v) is 7.67. The summed E-state index contributed by atoms with van der Waals surface area (Å²) in [4.78, 5) is 2.44. The zero-order chi connectivity index (χ0) is 33.0. The summed E-state index contributed by atoms with van der Waals surface area (Å²) in [7, 11) is 0. The summed E-state index contributed by atoms with van der Waals surface area (Å²) in [6.45, 7) is 0. The lowest BCUT2D eigenvalue weighted by Crippen LogP contribution is -2.12. The van der Waals surface area contributed by atoms with E-state index in [9.17, 15) is 0 Å². The molecule has 2 heteroatoms. The normalized spacial score (nSPS) is 11.6. The minimum atomic E-state index is 0.895. The number of hydrogen-bond donors (Lipinski definition) is 0. The Kier molecular flexibility index (Phi) is 6.53. The standard InChI is InChI=1S/C48H31NO/c1-2-14-32(15-3-1)33-19-12-20-37(28-33)49(46-30-36-18-6-7-21-38(36)39-22-8-9-23-40(39)46)45-27-11-10-24-41(45)42-25-13-26-43-44-29-34-16-4-5-17-35(34)31-47(44)50-48(42)43/h1-31H. The molecule has 1 heterocycles. The van der Waals surface area contributed by atoms with Crippen molar-refractivity contribution in [1.29, 1.82) is 0 Å². The highest BCUT2D eigenvalue weighted by molar-refractivity contribution is 6.17. The number of para-hydroxylation sites is 2. The van der Waals surface area contributed by atoms with Gasteiger partial charge in [0.1, 0.15) is 11.2 Å². The summed E-state index contributed by atoms with van der Waals surface area (Å²) < 4.78 is 6.78. The van der Waals surface area contributed by atoms with E-state index >= 15 is 0 Å². The molecule has 0 fully saturated rings. The van der Waals surface area contributed by atoms with Gasteiger partial charge in [-0.2, -0.15) is 0 Å². The van der Waals surface area contributed by atoms with E-state index in [1.165, 1.54) is 43.4 Å². The van der Waals surface area contributed by atoms with Crippen LogP contribution in [0.4, 0.5) is 17.1 Å². The summed E-state index contributed by atoms with van der Waals surface area (Å²) in [6, 6.07) is 67.5. The minimum absolute atomic E-state index is 0.895. The molecule has 50 heavy (non-hydrogen) atoms. The number of fused-ring (bicyclic) bond motifs is 7. The smallest absolute Gasteiger partial charge is 0.143 e. The van der Waals surface area contributed by atoms with Crippen molar-refractivity contribution in [2.24, 2.45) is 0 Å². The molecule has 0 unspecified atom stereocenters. The highest BCUT2D eigenvalue weighted by atomic mass is 16.3. The third-order valence-electron chi connectivity index (χ3n) is 10.00. The van der Waals surface area contributed by atoms with Gasteiger partial charge in [-0.15, -0.1) is 0 Å². The molecule has 0 amide bonds. The van der Waals surface area contributed by atoms with Gasteiger partial charge in [0.25, 0.3) is 0 Å². The molecule has 0 bridgehead atoms. The largest absolute Gasteiger partial charge is 0.455 e. The average molecular weight is 638 g/mol. The van der Waals surface area contributed by atoms with Gasteiger partial charge in [0, 0.05) is 33.0 Å². The second-order valence-corrected chi connectivity index (χ2v) is 12.9. The van der Waals surface area contributed by atoms with Gasteiger partial charge in [0.2, 0.25) is 0 Å². The van der Waals surface area contributed by atoms with Crippen LogP contribution in [0.3, 0.4) is 0 Å². The van der Waals surface area contributed by atoms with Gasteiger partial charge in [-0.1, -0.05) is 152 Å². The van der Waals surface area contributed by atoms with Gasteiger partial charge in [-0.25, -0.2) is 0 Å². The molecule has 0 saturated heterocycles. The first kappa shape index (κ1) is 28.4. The third kappa shape index (κ3) is 4.57. The van der Waals surface area contributed by atoms with Crippen molar-refractivity contribution in [3.63, 3.8) is 0 Å². The average Bonchev–Trinajstić information content (AvgIpc) is 3.55. The molecule has 0 radical (unpaired) electrons. The minimum Gasteiger partial charge on any atom is -0.455 e. The van der Waals surface area contributed by atoms with Gasteiger partial charge >= 0.3 is 0 Å². The number of rotatable bonds is 5. The van der Waals surface area contributed by atoms with Crippen LogP contribution in [0.2, 0.25) is 0 Å². The predicted molar refractivity (Wildman–Crippen MR) is 212 cm³/mol. The van der Waals surface area contributed by atoms with Crippen molar-refractivity contribution in [3.8, 4) is 22.3 Å². The van der Waals surface area contributed by atoms with Gasteiger partial charge in [-0.3, -0.25) is 0 Å². The maximum absolute atomic E-state index is 6.78. The maximum atomic E-state index is 6.78. The molecule has 10 rings (SSSR count). The van der Waals surface area contributed by atoms with E-state index in [-0.39, 0.29) is 0 Å². The fourth-order valence-electron chi connectivity index (χ4n) is 7.67. The Balaban J connectivity index is 1.27. The summed E-state index contributed by atoms with van der Waals surface area (Å²) in [5, 5.41) is 9.51. The van der Waals surface area contributed by atoms with E-state index in [1.54, 1.807) is 0 Å². The van der Waals surface area contributed by atoms with Crippen molar-refractivity contribution >= 4 is 71.3 Å². The topological polar surface area (TPSA) is 16.4 Å². The predicted octanol–water partition coefficient (Wildman–Crippen LogP) is 13.8. The van der Waals surface area contributed by atoms with Crippen LogP contribution in [-0.4, -0.2) is 0 Å². The summed E-state index contributed by atoms with van der Waals surface area (Å²) in [5.74, 6) is 0. The van der Waals surface area contributed by atoms with Crippen molar-refractivity contribution in [2.45, 2.75) is 0 Å². The Bertz CT molecular complexity index is 2880. The van der Waals surface area contributed by atoms with Crippen LogP contribution in [0.25, 0.3) is 76.5 Å². The van der Waals surface area contributed by atoms with E-state index < -0.39 is 0 Å². The van der Waals surface area contributed by atoms with Crippen LogP contribution in [0.1, 0.15) is 0 Å². The molecule has 0 aliphatic rings. The molecule has 0 saturated carbocycles. The third-order valence-corrected chi connectivity index (χ3v) is 10.00. The molecule has 10 aromatic rings. The Morgan fingerprint density at radius 3 is 1.82 bits per heavy atom. The molecule has 1 aromatic heterocycles. The van der Waals surface area contributed by atoms with Gasteiger partial charge in [-0.05, 0) is 74.5 Å². The molecule has 234 valence electrons. The highest BCUT2D eigenvalue weighted by Gasteiger charge is 2.23. The number of furan rings is 1. The molecule has 0 spiro atoms.